The Morgan fingerprint density at radius 1 is 1.14 bits per heavy atom. The fraction of sp³-hybridized carbons (Fsp3) is 0.412. The number of aromatic nitrogens is 1. The second-order valence-corrected chi connectivity index (χ2v) is 6.74. The van der Waals surface area contributed by atoms with Crippen LogP contribution in [0.3, 0.4) is 0 Å². The summed E-state index contributed by atoms with van der Waals surface area (Å²) in [6.45, 7) is 9.87. The van der Waals surface area contributed by atoms with E-state index in [2.05, 4.69) is 52.7 Å². The van der Waals surface area contributed by atoms with Crippen molar-refractivity contribution in [2.75, 3.05) is 7.05 Å². The number of benzene rings is 1. The molecule has 0 aliphatic carbocycles. The van der Waals surface area contributed by atoms with E-state index in [4.69, 9.17) is 0 Å². The Hall–Kier alpha value is -1.88. The molecule has 4 nitrogen and oxygen atoms in total. The molecule has 1 aromatic carbocycles. The Labute approximate surface area is 136 Å². The monoisotopic (exact) mass is 316 g/mol. The third kappa shape index (κ3) is 4.31. The molecular formula is C17H24N4S. The van der Waals surface area contributed by atoms with Gasteiger partial charge in [0, 0.05) is 18.5 Å². The lowest BCUT2D eigenvalue weighted by Gasteiger charge is -2.13. The molecule has 2 N–H and O–H groups in total. The molecule has 0 saturated carbocycles. The quantitative estimate of drug-likeness (QED) is 0.672. The molecule has 0 radical (unpaired) electrons. The van der Waals surface area contributed by atoms with Gasteiger partial charge in [-0.1, -0.05) is 23.8 Å². The zero-order chi connectivity index (χ0) is 16.1. The SMILES string of the molecule is CN=C(NCc1ccc(C)cc1C)NCc1sc(C)nc1C. The molecular weight excluding hydrogens is 292 g/mol. The van der Waals surface area contributed by atoms with E-state index in [1.807, 2.05) is 13.8 Å². The number of rotatable bonds is 4. The van der Waals surface area contributed by atoms with E-state index in [0.29, 0.717) is 0 Å². The molecule has 0 unspecified atom stereocenters. The maximum Gasteiger partial charge on any atom is 0.191 e. The maximum absolute atomic E-state index is 4.45. The lowest BCUT2D eigenvalue weighted by Crippen LogP contribution is -2.36. The highest BCUT2D eigenvalue weighted by Gasteiger charge is 2.06. The van der Waals surface area contributed by atoms with Gasteiger partial charge in [-0.2, -0.15) is 0 Å². The van der Waals surface area contributed by atoms with Gasteiger partial charge in [0.15, 0.2) is 5.96 Å². The molecule has 1 heterocycles. The molecule has 2 rings (SSSR count). The standard InChI is InChI=1S/C17H24N4S/c1-11-6-7-15(12(2)8-11)9-19-17(18-5)20-10-16-13(3)21-14(4)22-16/h6-8H,9-10H2,1-5H3,(H2,18,19,20). The average molecular weight is 316 g/mol. The van der Waals surface area contributed by atoms with Gasteiger partial charge in [0.25, 0.3) is 0 Å². The minimum Gasteiger partial charge on any atom is -0.352 e. The summed E-state index contributed by atoms with van der Waals surface area (Å²) >= 11 is 1.73. The molecule has 5 heteroatoms. The smallest absolute Gasteiger partial charge is 0.191 e. The Balaban J connectivity index is 1.91. The van der Waals surface area contributed by atoms with Crippen LogP contribution in [0, 0.1) is 27.7 Å². The van der Waals surface area contributed by atoms with Crippen LogP contribution in [0.5, 0.6) is 0 Å². The summed E-state index contributed by atoms with van der Waals surface area (Å²) in [5.74, 6) is 0.811. The second kappa shape index (κ2) is 7.40. The van der Waals surface area contributed by atoms with Crippen molar-refractivity contribution in [3.63, 3.8) is 0 Å². The largest absolute Gasteiger partial charge is 0.352 e. The summed E-state index contributed by atoms with van der Waals surface area (Å²) in [6, 6.07) is 6.52. The van der Waals surface area contributed by atoms with Crippen LogP contribution in [0.25, 0.3) is 0 Å². The molecule has 118 valence electrons. The number of guanidine groups is 1. The molecule has 0 fully saturated rings. The van der Waals surface area contributed by atoms with E-state index >= 15 is 0 Å². The first-order valence-electron chi connectivity index (χ1n) is 7.43. The van der Waals surface area contributed by atoms with Crippen molar-refractivity contribution >= 4 is 17.3 Å². The van der Waals surface area contributed by atoms with Gasteiger partial charge in [-0.25, -0.2) is 4.98 Å². The molecule has 0 amide bonds. The molecule has 1 aromatic heterocycles. The van der Waals surface area contributed by atoms with Crippen LogP contribution in [0.2, 0.25) is 0 Å². The predicted molar refractivity (Wildman–Crippen MR) is 94.5 cm³/mol. The van der Waals surface area contributed by atoms with Gasteiger partial charge in [0.2, 0.25) is 0 Å². The van der Waals surface area contributed by atoms with Gasteiger partial charge in [-0.05, 0) is 38.8 Å². The Bertz CT molecular complexity index is 673. The number of nitrogens with zero attached hydrogens (tertiary/aromatic N) is 2. The summed E-state index contributed by atoms with van der Waals surface area (Å²) in [5.41, 5.74) is 4.98. The number of hydrogen-bond acceptors (Lipinski definition) is 3. The molecule has 0 atom stereocenters. The second-order valence-electron chi connectivity index (χ2n) is 5.45. The van der Waals surface area contributed by atoms with Crippen LogP contribution < -0.4 is 10.6 Å². The lowest BCUT2D eigenvalue weighted by molar-refractivity contribution is 0.808. The molecule has 0 aliphatic rings. The van der Waals surface area contributed by atoms with E-state index < -0.39 is 0 Å². The first-order valence-corrected chi connectivity index (χ1v) is 8.25. The maximum atomic E-state index is 4.45. The fourth-order valence-corrected chi connectivity index (χ4v) is 3.22. The first kappa shape index (κ1) is 16.5. The van der Waals surface area contributed by atoms with E-state index in [9.17, 15) is 0 Å². The predicted octanol–water partition coefficient (Wildman–Crippen LogP) is 3.24. The summed E-state index contributed by atoms with van der Waals surface area (Å²) in [6.07, 6.45) is 0. The average Bonchev–Trinajstić information content (AvgIpc) is 2.79. The van der Waals surface area contributed by atoms with Gasteiger partial charge < -0.3 is 10.6 Å². The summed E-state index contributed by atoms with van der Waals surface area (Å²) < 4.78 is 0. The van der Waals surface area contributed by atoms with Crippen LogP contribution in [-0.2, 0) is 13.1 Å². The normalized spacial score (nSPS) is 11.6. The molecule has 22 heavy (non-hydrogen) atoms. The topological polar surface area (TPSA) is 49.3 Å². The number of thiazole rings is 1. The van der Waals surface area contributed by atoms with Crippen LogP contribution >= 0.6 is 11.3 Å². The number of aliphatic imine (C=N–C) groups is 1. The highest BCUT2D eigenvalue weighted by Crippen LogP contribution is 2.16. The number of hydrogen-bond donors (Lipinski definition) is 2. The van der Waals surface area contributed by atoms with Gasteiger partial charge in [0.05, 0.1) is 17.2 Å². The molecule has 0 bridgehead atoms. The van der Waals surface area contributed by atoms with Crippen molar-refractivity contribution in [2.24, 2.45) is 4.99 Å². The number of aryl methyl sites for hydroxylation is 4. The fourth-order valence-electron chi connectivity index (χ4n) is 2.35. The van der Waals surface area contributed by atoms with Crippen molar-refractivity contribution in [1.29, 1.82) is 0 Å². The Morgan fingerprint density at radius 2 is 1.86 bits per heavy atom. The summed E-state index contributed by atoms with van der Waals surface area (Å²) in [7, 11) is 1.79. The van der Waals surface area contributed by atoms with Crippen LogP contribution in [0.4, 0.5) is 0 Å². The van der Waals surface area contributed by atoms with Gasteiger partial charge >= 0.3 is 0 Å². The van der Waals surface area contributed by atoms with E-state index in [-0.39, 0.29) is 0 Å². The van der Waals surface area contributed by atoms with Crippen LogP contribution in [-0.4, -0.2) is 18.0 Å². The molecule has 0 aliphatic heterocycles. The van der Waals surface area contributed by atoms with E-state index in [0.717, 1.165) is 29.8 Å². The third-order valence-electron chi connectivity index (χ3n) is 3.58. The van der Waals surface area contributed by atoms with Crippen molar-refractivity contribution in [1.82, 2.24) is 15.6 Å². The van der Waals surface area contributed by atoms with Crippen molar-refractivity contribution < 1.29 is 0 Å². The summed E-state index contributed by atoms with van der Waals surface area (Å²) in [4.78, 5) is 9.98. The molecule has 0 saturated heterocycles. The Kier molecular flexibility index (Phi) is 5.55. The molecule has 2 aromatic rings. The van der Waals surface area contributed by atoms with E-state index in [1.54, 1.807) is 18.4 Å². The summed E-state index contributed by atoms with van der Waals surface area (Å²) in [5, 5.41) is 7.82. The van der Waals surface area contributed by atoms with Gasteiger partial charge in [-0.15, -0.1) is 11.3 Å². The van der Waals surface area contributed by atoms with Crippen molar-refractivity contribution in [2.45, 2.75) is 40.8 Å². The Morgan fingerprint density at radius 3 is 2.45 bits per heavy atom. The van der Waals surface area contributed by atoms with Crippen molar-refractivity contribution in [3.8, 4) is 0 Å². The zero-order valence-corrected chi connectivity index (χ0v) is 14.8. The minimum atomic E-state index is 0.754. The van der Waals surface area contributed by atoms with E-state index in [1.165, 1.54) is 21.6 Å². The number of nitrogens with one attached hydrogen (secondary N) is 2. The zero-order valence-electron chi connectivity index (χ0n) is 13.9. The lowest BCUT2D eigenvalue weighted by atomic mass is 10.1. The first-order chi connectivity index (χ1) is 10.5. The highest BCUT2D eigenvalue weighted by molar-refractivity contribution is 7.11. The third-order valence-corrected chi connectivity index (χ3v) is 4.66. The highest BCUT2D eigenvalue weighted by atomic mass is 32.1. The van der Waals surface area contributed by atoms with Gasteiger partial charge in [0.1, 0.15) is 0 Å². The van der Waals surface area contributed by atoms with Gasteiger partial charge in [-0.3, -0.25) is 4.99 Å². The molecule has 0 spiro atoms. The van der Waals surface area contributed by atoms with Crippen molar-refractivity contribution in [3.05, 3.63) is 50.5 Å². The van der Waals surface area contributed by atoms with Crippen LogP contribution in [0.1, 0.15) is 32.3 Å². The van der Waals surface area contributed by atoms with Crippen LogP contribution in [0.15, 0.2) is 23.2 Å². The minimum absolute atomic E-state index is 0.754.